The first-order valence-electron chi connectivity index (χ1n) is 5.92. The van der Waals surface area contributed by atoms with E-state index in [0.717, 1.165) is 0 Å². The predicted octanol–water partition coefficient (Wildman–Crippen LogP) is 2.61. The number of rotatable bonds is 6. The van der Waals surface area contributed by atoms with E-state index in [9.17, 15) is 9.90 Å². The fourth-order valence-electron chi connectivity index (χ4n) is 1.24. The molecule has 1 rings (SSSR count). The Hall–Kier alpha value is -0.780. The summed E-state index contributed by atoms with van der Waals surface area (Å²) in [6.07, 6.45) is -0.550. The molecule has 6 heteroatoms. The lowest BCUT2D eigenvalue weighted by molar-refractivity contribution is -0.123. The van der Waals surface area contributed by atoms with Gasteiger partial charge >= 0.3 is 0 Å². The number of aliphatic hydroxyl groups is 1. The van der Waals surface area contributed by atoms with Crippen molar-refractivity contribution in [2.24, 2.45) is 5.92 Å². The lowest BCUT2D eigenvalue weighted by Crippen LogP contribution is -2.37. The van der Waals surface area contributed by atoms with Crippen molar-refractivity contribution < 1.29 is 14.6 Å². The largest absolute Gasteiger partial charge is 0.483 e. The number of hydrogen-bond donors (Lipinski definition) is 2. The van der Waals surface area contributed by atoms with Gasteiger partial charge in [0, 0.05) is 11.6 Å². The Bertz CT molecular complexity index is 440. The van der Waals surface area contributed by atoms with Gasteiger partial charge in [0.15, 0.2) is 6.61 Å². The third kappa shape index (κ3) is 5.80. The molecule has 2 N–H and O–H groups in total. The zero-order chi connectivity index (χ0) is 14.4. The summed E-state index contributed by atoms with van der Waals surface area (Å²) in [6.45, 7) is 3.89. The Kier molecular flexibility index (Phi) is 6.62. The third-order valence-corrected chi connectivity index (χ3v) is 3.39. The van der Waals surface area contributed by atoms with E-state index in [1.807, 2.05) is 13.8 Å². The molecule has 19 heavy (non-hydrogen) atoms. The maximum atomic E-state index is 11.5. The van der Waals surface area contributed by atoms with Crippen molar-refractivity contribution >= 4 is 33.4 Å². The molecule has 4 nitrogen and oxygen atoms in total. The monoisotopic (exact) mass is 349 g/mol. The van der Waals surface area contributed by atoms with Crippen LogP contribution in [0.2, 0.25) is 5.02 Å². The molecular weight excluding hydrogens is 334 g/mol. The number of nitrogens with one attached hydrogen (secondary N) is 1. The molecule has 0 aliphatic heterocycles. The Balaban J connectivity index is 2.38. The van der Waals surface area contributed by atoms with Crippen LogP contribution in [0.15, 0.2) is 22.7 Å². The van der Waals surface area contributed by atoms with Gasteiger partial charge in [0.25, 0.3) is 5.91 Å². The zero-order valence-corrected chi connectivity index (χ0v) is 13.2. The quantitative estimate of drug-likeness (QED) is 0.829. The first kappa shape index (κ1) is 16.3. The van der Waals surface area contributed by atoms with Gasteiger partial charge in [-0.25, -0.2) is 0 Å². The van der Waals surface area contributed by atoms with Crippen LogP contribution in [0.3, 0.4) is 0 Å². The van der Waals surface area contributed by atoms with Gasteiger partial charge in [0.1, 0.15) is 5.75 Å². The first-order chi connectivity index (χ1) is 8.90. The van der Waals surface area contributed by atoms with E-state index >= 15 is 0 Å². The van der Waals surface area contributed by atoms with Crippen LogP contribution in [-0.4, -0.2) is 30.3 Å². The lowest BCUT2D eigenvalue weighted by Gasteiger charge is -2.15. The van der Waals surface area contributed by atoms with Crippen LogP contribution < -0.4 is 10.1 Å². The maximum Gasteiger partial charge on any atom is 0.258 e. The summed E-state index contributed by atoms with van der Waals surface area (Å²) in [6, 6.07) is 5.06. The van der Waals surface area contributed by atoms with Crippen molar-refractivity contribution in [1.29, 1.82) is 0 Å². The average Bonchev–Trinajstić information content (AvgIpc) is 2.34. The summed E-state index contributed by atoms with van der Waals surface area (Å²) in [7, 11) is 0. The second-order valence-electron chi connectivity index (χ2n) is 4.48. The smallest absolute Gasteiger partial charge is 0.258 e. The van der Waals surface area contributed by atoms with E-state index in [-0.39, 0.29) is 25.0 Å². The number of benzene rings is 1. The van der Waals surface area contributed by atoms with E-state index < -0.39 is 6.10 Å². The molecule has 1 aromatic carbocycles. The molecule has 0 saturated carbocycles. The number of aliphatic hydroxyl groups excluding tert-OH is 1. The molecule has 0 bridgehead atoms. The molecule has 106 valence electrons. The van der Waals surface area contributed by atoms with Gasteiger partial charge in [-0.2, -0.15) is 0 Å². The van der Waals surface area contributed by atoms with Crippen molar-refractivity contribution in [2.45, 2.75) is 20.0 Å². The van der Waals surface area contributed by atoms with Gasteiger partial charge in [-0.1, -0.05) is 25.4 Å². The molecule has 0 aromatic heterocycles. The number of halogens is 2. The summed E-state index contributed by atoms with van der Waals surface area (Å²) in [4.78, 5) is 11.5. The van der Waals surface area contributed by atoms with Gasteiger partial charge in [-0.15, -0.1) is 0 Å². The first-order valence-corrected chi connectivity index (χ1v) is 7.10. The summed E-state index contributed by atoms with van der Waals surface area (Å²) in [5, 5.41) is 12.8. The summed E-state index contributed by atoms with van der Waals surface area (Å²) < 4.78 is 6.04. The van der Waals surface area contributed by atoms with Crippen LogP contribution in [-0.2, 0) is 4.79 Å². The highest BCUT2D eigenvalue weighted by molar-refractivity contribution is 9.10. The molecule has 0 aliphatic rings. The number of hydrogen-bond acceptors (Lipinski definition) is 3. The van der Waals surface area contributed by atoms with E-state index in [0.29, 0.717) is 15.2 Å². The highest BCUT2D eigenvalue weighted by Crippen LogP contribution is 2.27. The molecule has 1 atom stereocenters. The minimum Gasteiger partial charge on any atom is -0.483 e. The van der Waals surface area contributed by atoms with Gasteiger partial charge in [-0.3, -0.25) is 4.79 Å². The van der Waals surface area contributed by atoms with Crippen LogP contribution in [0.1, 0.15) is 13.8 Å². The fourth-order valence-corrected chi connectivity index (χ4v) is 2.04. The average molecular weight is 351 g/mol. The molecule has 0 radical (unpaired) electrons. The fraction of sp³-hybridized carbons (Fsp3) is 0.462. The maximum absolute atomic E-state index is 11.5. The topological polar surface area (TPSA) is 58.6 Å². The highest BCUT2D eigenvalue weighted by Gasteiger charge is 2.11. The summed E-state index contributed by atoms with van der Waals surface area (Å²) >= 11 is 9.10. The Morgan fingerprint density at radius 2 is 2.21 bits per heavy atom. The molecule has 0 aliphatic carbocycles. The highest BCUT2D eigenvalue weighted by atomic mass is 79.9. The third-order valence-electron chi connectivity index (χ3n) is 2.53. The summed E-state index contributed by atoms with van der Waals surface area (Å²) in [5.74, 6) is 0.372. The SMILES string of the molecule is CC(C)C(O)CNC(=O)COc1ccc(Cl)cc1Br. The van der Waals surface area contributed by atoms with Crippen molar-refractivity contribution in [2.75, 3.05) is 13.2 Å². The van der Waals surface area contributed by atoms with E-state index in [4.69, 9.17) is 16.3 Å². The van der Waals surface area contributed by atoms with Crippen LogP contribution in [0.5, 0.6) is 5.75 Å². The minimum atomic E-state index is -0.550. The van der Waals surface area contributed by atoms with E-state index in [2.05, 4.69) is 21.2 Å². The minimum absolute atomic E-state index is 0.103. The molecule has 1 unspecified atom stereocenters. The van der Waals surface area contributed by atoms with Crippen molar-refractivity contribution in [3.05, 3.63) is 27.7 Å². The van der Waals surface area contributed by atoms with Crippen LogP contribution in [0.25, 0.3) is 0 Å². The number of carbonyl (C=O) groups excluding carboxylic acids is 1. The van der Waals surface area contributed by atoms with E-state index in [1.54, 1.807) is 18.2 Å². The second-order valence-corrected chi connectivity index (χ2v) is 5.77. The Labute approximate surface area is 126 Å². The van der Waals surface area contributed by atoms with Crippen molar-refractivity contribution in [3.8, 4) is 5.75 Å². The van der Waals surface area contributed by atoms with E-state index in [1.165, 1.54) is 0 Å². The molecular formula is C13H17BrClNO3. The number of amides is 1. The van der Waals surface area contributed by atoms with Gasteiger partial charge in [-0.05, 0) is 40.0 Å². The Morgan fingerprint density at radius 1 is 1.53 bits per heavy atom. The molecule has 0 saturated heterocycles. The summed E-state index contributed by atoms with van der Waals surface area (Å²) in [5.41, 5.74) is 0. The molecule has 1 aromatic rings. The molecule has 1 amide bonds. The standard InChI is InChI=1S/C13H17BrClNO3/c1-8(2)11(17)6-16-13(18)7-19-12-4-3-9(15)5-10(12)14/h3-5,8,11,17H,6-7H2,1-2H3,(H,16,18). The Morgan fingerprint density at radius 3 is 2.79 bits per heavy atom. The normalized spacial score (nSPS) is 12.3. The van der Waals surface area contributed by atoms with Crippen LogP contribution in [0, 0.1) is 5.92 Å². The molecule has 0 heterocycles. The van der Waals surface area contributed by atoms with Gasteiger partial charge in [0.2, 0.25) is 0 Å². The molecule has 0 fully saturated rings. The van der Waals surface area contributed by atoms with Crippen molar-refractivity contribution in [1.82, 2.24) is 5.32 Å². The molecule has 0 spiro atoms. The predicted molar refractivity (Wildman–Crippen MR) is 78.5 cm³/mol. The zero-order valence-electron chi connectivity index (χ0n) is 10.8. The van der Waals surface area contributed by atoms with Crippen LogP contribution >= 0.6 is 27.5 Å². The van der Waals surface area contributed by atoms with Crippen LogP contribution in [0.4, 0.5) is 0 Å². The van der Waals surface area contributed by atoms with Gasteiger partial charge < -0.3 is 15.2 Å². The second kappa shape index (κ2) is 7.72. The number of ether oxygens (including phenoxy) is 1. The number of carbonyl (C=O) groups is 1. The van der Waals surface area contributed by atoms with Crippen molar-refractivity contribution in [3.63, 3.8) is 0 Å². The lowest BCUT2D eigenvalue weighted by atomic mass is 10.1. The van der Waals surface area contributed by atoms with Gasteiger partial charge in [0.05, 0.1) is 10.6 Å².